The van der Waals surface area contributed by atoms with Gasteiger partial charge in [-0.05, 0) is 47.4 Å². The quantitative estimate of drug-likeness (QED) is 0.578. The van der Waals surface area contributed by atoms with Crippen molar-refractivity contribution in [1.29, 1.82) is 0 Å². The maximum Gasteiger partial charge on any atom is 0.242 e. The molecule has 0 bridgehead atoms. The minimum Gasteiger partial charge on any atom is -0.358 e. The van der Waals surface area contributed by atoms with E-state index in [0.717, 1.165) is 16.1 Å². The van der Waals surface area contributed by atoms with E-state index in [1.807, 2.05) is 23.6 Å². The summed E-state index contributed by atoms with van der Waals surface area (Å²) in [7, 11) is -0.421. The molecule has 7 nitrogen and oxygen atoms in total. The number of hydrogen-bond donors (Lipinski definition) is 2. The van der Waals surface area contributed by atoms with Gasteiger partial charge in [0, 0.05) is 26.8 Å². The van der Waals surface area contributed by atoms with E-state index in [9.17, 15) is 8.42 Å². The van der Waals surface area contributed by atoms with Gasteiger partial charge in [0.05, 0.1) is 15.5 Å². The summed E-state index contributed by atoms with van der Waals surface area (Å²) in [4.78, 5) is 9.94. The number of hydrogen-bond acceptors (Lipinski definition) is 6. The Bertz CT molecular complexity index is 1050. The van der Waals surface area contributed by atoms with Crippen LogP contribution in [0.15, 0.2) is 58.9 Å². The Balaban J connectivity index is 1.58. The van der Waals surface area contributed by atoms with Crippen LogP contribution < -0.4 is 10.6 Å². The van der Waals surface area contributed by atoms with Gasteiger partial charge in [-0.1, -0.05) is 18.2 Å². The Morgan fingerprint density at radius 1 is 1.18 bits per heavy atom. The topological polar surface area (TPSA) is 87.2 Å². The van der Waals surface area contributed by atoms with Crippen LogP contribution in [-0.2, 0) is 16.6 Å². The molecule has 2 N–H and O–H groups in total. The van der Waals surface area contributed by atoms with Crippen molar-refractivity contribution in [3.05, 3.63) is 59.6 Å². The standard InChI is InChI=1S/C18H19N5O2S3/c1-23(2)28(24,25)14-7-5-13(6-8-14)12-20-18(26)22-17-19-10-9-15(21-17)16-4-3-11-27-16/h3-11H,12H2,1-2H3,(H2,19,20,21,22,26). The van der Waals surface area contributed by atoms with Gasteiger partial charge in [0.2, 0.25) is 16.0 Å². The first-order valence-corrected chi connectivity index (χ1v) is 11.0. The average Bonchev–Trinajstić information content (AvgIpc) is 3.22. The Hall–Kier alpha value is -2.40. The zero-order valence-corrected chi connectivity index (χ0v) is 17.7. The molecule has 146 valence electrons. The summed E-state index contributed by atoms with van der Waals surface area (Å²) in [5.74, 6) is 0.413. The van der Waals surface area contributed by atoms with Crippen LogP contribution in [0.25, 0.3) is 10.6 Å². The first-order valence-electron chi connectivity index (χ1n) is 8.29. The molecule has 1 aromatic carbocycles. The Labute approximate surface area is 173 Å². The molecule has 0 amide bonds. The average molecular weight is 434 g/mol. The van der Waals surface area contributed by atoms with Gasteiger partial charge in [-0.15, -0.1) is 11.3 Å². The fourth-order valence-corrected chi connectivity index (χ4v) is 4.06. The second-order valence-electron chi connectivity index (χ2n) is 5.98. The van der Waals surface area contributed by atoms with Crippen LogP contribution in [0, 0.1) is 0 Å². The molecule has 0 aliphatic rings. The van der Waals surface area contributed by atoms with Gasteiger partial charge in [-0.3, -0.25) is 0 Å². The first-order chi connectivity index (χ1) is 13.4. The molecule has 0 saturated carbocycles. The van der Waals surface area contributed by atoms with Gasteiger partial charge in [0.15, 0.2) is 5.11 Å². The molecule has 3 rings (SSSR count). The lowest BCUT2D eigenvalue weighted by Crippen LogP contribution is -2.28. The van der Waals surface area contributed by atoms with Crippen LogP contribution in [0.3, 0.4) is 0 Å². The third kappa shape index (κ3) is 4.90. The lowest BCUT2D eigenvalue weighted by atomic mass is 10.2. The van der Waals surface area contributed by atoms with Crippen molar-refractivity contribution < 1.29 is 8.42 Å². The first kappa shape index (κ1) is 20.3. The molecule has 3 aromatic rings. The number of anilines is 1. The van der Waals surface area contributed by atoms with Gasteiger partial charge in [-0.25, -0.2) is 22.7 Å². The van der Waals surface area contributed by atoms with Gasteiger partial charge in [0.25, 0.3) is 0 Å². The van der Waals surface area contributed by atoms with E-state index in [4.69, 9.17) is 12.2 Å². The van der Waals surface area contributed by atoms with Crippen LogP contribution in [0.5, 0.6) is 0 Å². The molecule has 0 saturated heterocycles. The molecule has 10 heteroatoms. The van der Waals surface area contributed by atoms with Crippen molar-refractivity contribution in [3.63, 3.8) is 0 Å². The van der Waals surface area contributed by atoms with Crippen LogP contribution in [0.4, 0.5) is 5.95 Å². The highest BCUT2D eigenvalue weighted by Crippen LogP contribution is 2.22. The van der Waals surface area contributed by atoms with Crippen LogP contribution in [-0.4, -0.2) is 41.9 Å². The maximum absolute atomic E-state index is 12.1. The molecule has 2 aromatic heterocycles. The predicted octanol–water partition coefficient (Wildman–Crippen LogP) is 2.94. The lowest BCUT2D eigenvalue weighted by molar-refractivity contribution is 0.520. The monoisotopic (exact) mass is 433 g/mol. The van der Waals surface area contributed by atoms with Gasteiger partial charge < -0.3 is 10.6 Å². The zero-order chi connectivity index (χ0) is 20.1. The summed E-state index contributed by atoms with van der Waals surface area (Å²) < 4.78 is 25.4. The smallest absolute Gasteiger partial charge is 0.242 e. The number of thiophene rings is 1. The normalized spacial score (nSPS) is 11.4. The van der Waals surface area contributed by atoms with Crippen LogP contribution in [0.2, 0.25) is 0 Å². The number of rotatable bonds is 6. The van der Waals surface area contributed by atoms with E-state index in [2.05, 4.69) is 20.6 Å². The fourth-order valence-electron chi connectivity index (χ4n) is 2.30. The number of nitrogens with zero attached hydrogens (tertiary/aromatic N) is 3. The minimum atomic E-state index is -3.43. The van der Waals surface area contributed by atoms with E-state index in [1.165, 1.54) is 18.4 Å². The van der Waals surface area contributed by atoms with Crippen molar-refractivity contribution in [1.82, 2.24) is 19.6 Å². The van der Waals surface area contributed by atoms with Crippen LogP contribution in [0.1, 0.15) is 5.56 Å². The summed E-state index contributed by atoms with van der Waals surface area (Å²) in [6.45, 7) is 0.443. The van der Waals surface area contributed by atoms with Gasteiger partial charge in [0.1, 0.15) is 0 Å². The maximum atomic E-state index is 12.1. The Morgan fingerprint density at radius 3 is 2.57 bits per heavy atom. The van der Waals surface area contributed by atoms with E-state index < -0.39 is 10.0 Å². The zero-order valence-electron chi connectivity index (χ0n) is 15.3. The van der Waals surface area contributed by atoms with E-state index in [0.29, 0.717) is 17.6 Å². The number of sulfonamides is 1. The fraction of sp³-hybridized carbons (Fsp3) is 0.167. The van der Waals surface area contributed by atoms with Gasteiger partial charge >= 0.3 is 0 Å². The second-order valence-corrected chi connectivity index (χ2v) is 9.49. The molecule has 0 aliphatic carbocycles. The number of thiocarbonyl (C=S) groups is 1. The summed E-state index contributed by atoms with van der Waals surface area (Å²) in [6, 6.07) is 12.5. The van der Waals surface area contributed by atoms with E-state index >= 15 is 0 Å². The van der Waals surface area contributed by atoms with Crippen molar-refractivity contribution in [2.24, 2.45) is 0 Å². The molecular formula is C18H19N5O2S3. The molecule has 28 heavy (non-hydrogen) atoms. The van der Waals surface area contributed by atoms with Crippen molar-refractivity contribution >= 4 is 44.6 Å². The third-order valence-corrected chi connectivity index (χ3v) is 6.78. The number of aromatic nitrogens is 2. The Kier molecular flexibility index (Phi) is 6.35. The highest BCUT2D eigenvalue weighted by Gasteiger charge is 2.16. The summed E-state index contributed by atoms with van der Waals surface area (Å²) in [5.41, 5.74) is 1.73. The second kappa shape index (κ2) is 8.74. The van der Waals surface area contributed by atoms with Crippen molar-refractivity contribution in [2.45, 2.75) is 11.4 Å². The van der Waals surface area contributed by atoms with Crippen molar-refractivity contribution in [3.8, 4) is 10.6 Å². The summed E-state index contributed by atoms with van der Waals surface area (Å²) in [5, 5.41) is 8.41. The highest BCUT2D eigenvalue weighted by molar-refractivity contribution is 7.89. The van der Waals surface area contributed by atoms with Crippen molar-refractivity contribution in [2.75, 3.05) is 19.4 Å². The highest BCUT2D eigenvalue weighted by atomic mass is 32.2. The SMILES string of the molecule is CN(C)S(=O)(=O)c1ccc(CNC(=S)Nc2nccc(-c3cccs3)n2)cc1. The molecule has 2 heterocycles. The predicted molar refractivity (Wildman–Crippen MR) is 116 cm³/mol. The van der Waals surface area contributed by atoms with E-state index in [-0.39, 0.29) is 4.90 Å². The molecule has 0 radical (unpaired) electrons. The summed E-state index contributed by atoms with van der Waals surface area (Å²) in [6.07, 6.45) is 1.68. The molecule has 0 unspecified atom stereocenters. The summed E-state index contributed by atoms with van der Waals surface area (Å²) >= 11 is 6.90. The van der Waals surface area contributed by atoms with E-state index in [1.54, 1.807) is 41.8 Å². The molecule has 0 fully saturated rings. The third-order valence-electron chi connectivity index (χ3n) is 3.81. The molecule has 0 aliphatic heterocycles. The minimum absolute atomic E-state index is 0.251. The largest absolute Gasteiger partial charge is 0.358 e. The van der Waals surface area contributed by atoms with Crippen LogP contribution >= 0.6 is 23.6 Å². The Morgan fingerprint density at radius 2 is 1.93 bits per heavy atom. The lowest BCUT2D eigenvalue weighted by Gasteiger charge is -2.12. The number of nitrogens with one attached hydrogen (secondary N) is 2. The number of benzene rings is 1. The molecule has 0 spiro atoms. The molecular weight excluding hydrogens is 414 g/mol. The molecule has 0 atom stereocenters. The van der Waals surface area contributed by atoms with Gasteiger partial charge in [-0.2, -0.15) is 0 Å².